The minimum absolute atomic E-state index is 0.0418. The third-order valence-corrected chi connectivity index (χ3v) is 6.21. The third-order valence-electron chi connectivity index (χ3n) is 5.92. The highest BCUT2D eigenvalue weighted by Crippen LogP contribution is 2.47. The number of amides is 1. The molecule has 6 nitrogen and oxygen atoms in total. The fourth-order valence-electron chi connectivity index (χ4n) is 3.78. The van der Waals surface area contributed by atoms with Crippen molar-refractivity contribution < 1.29 is 27.8 Å². The number of primary amides is 1. The van der Waals surface area contributed by atoms with Gasteiger partial charge in [-0.2, -0.15) is 0 Å². The second kappa shape index (κ2) is 8.02. The number of pyridine rings is 1. The molecule has 2 aromatic carbocycles. The molecule has 2 atom stereocenters. The lowest BCUT2D eigenvalue weighted by Gasteiger charge is -2.29. The molecule has 5 N–H and O–H groups in total. The zero-order chi connectivity index (χ0) is 24.1. The molecule has 10 heteroatoms. The van der Waals surface area contributed by atoms with Gasteiger partial charge in [-0.25, -0.2) is 18.2 Å². The first-order chi connectivity index (χ1) is 15.5. The van der Waals surface area contributed by atoms with E-state index >= 15 is 0 Å². The van der Waals surface area contributed by atoms with Crippen LogP contribution in [0.3, 0.4) is 0 Å². The molecule has 1 aliphatic heterocycles. The summed E-state index contributed by atoms with van der Waals surface area (Å²) in [7, 11) is 0. The van der Waals surface area contributed by atoms with Crippen molar-refractivity contribution in [3.8, 4) is 17.0 Å². The molecule has 0 unspecified atom stereocenters. The zero-order valence-corrected chi connectivity index (χ0v) is 18.1. The first-order valence-electron chi connectivity index (χ1n) is 9.83. The first-order valence-corrected chi connectivity index (χ1v) is 10.2. The summed E-state index contributed by atoms with van der Waals surface area (Å²) in [6, 6.07) is 7.96. The van der Waals surface area contributed by atoms with Crippen molar-refractivity contribution >= 4 is 17.5 Å². The van der Waals surface area contributed by atoms with Gasteiger partial charge in [0.2, 0.25) is 5.91 Å². The third kappa shape index (κ3) is 3.62. The molecule has 4 rings (SSSR count). The molecule has 0 radical (unpaired) electrons. The maximum Gasteiger partial charge on any atom is 0.231 e. The van der Waals surface area contributed by atoms with Crippen molar-refractivity contribution in [2.75, 3.05) is 13.2 Å². The second-order valence-electron chi connectivity index (χ2n) is 8.04. The number of carbonyl (C=O) groups is 1. The van der Waals surface area contributed by atoms with Gasteiger partial charge in [0.25, 0.3) is 0 Å². The van der Waals surface area contributed by atoms with Gasteiger partial charge in [-0.3, -0.25) is 4.79 Å². The van der Waals surface area contributed by atoms with Crippen LogP contribution in [0.25, 0.3) is 11.3 Å². The molecule has 33 heavy (non-hydrogen) atoms. The molecule has 0 aliphatic carbocycles. The maximum absolute atomic E-state index is 14.8. The Kier molecular flexibility index (Phi) is 5.60. The van der Waals surface area contributed by atoms with Crippen LogP contribution in [-0.2, 0) is 15.8 Å². The van der Waals surface area contributed by atoms with Gasteiger partial charge in [-0.1, -0.05) is 23.7 Å². The van der Waals surface area contributed by atoms with Crippen LogP contribution in [0.5, 0.6) is 5.75 Å². The van der Waals surface area contributed by atoms with Gasteiger partial charge in [-0.15, -0.1) is 0 Å². The number of halogens is 4. The van der Waals surface area contributed by atoms with E-state index in [4.69, 9.17) is 27.8 Å². The summed E-state index contributed by atoms with van der Waals surface area (Å²) >= 11 is 5.87. The number of ether oxygens (including phenoxy) is 1. The smallest absolute Gasteiger partial charge is 0.231 e. The highest BCUT2D eigenvalue weighted by Gasteiger charge is 2.46. The number of benzene rings is 2. The minimum atomic E-state index is -1.95. The van der Waals surface area contributed by atoms with Crippen LogP contribution >= 0.6 is 11.6 Å². The van der Waals surface area contributed by atoms with E-state index < -0.39 is 34.4 Å². The number of aliphatic hydroxyl groups is 1. The predicted molar refractivity (Wildman–Crippen MR) is 115 cm³/mol. The van der Waals surface area contributed by atoms with Crippen LogP contribution in [0.15, 0.2) is 42.5 Å². The van der Waals surface area contributed by atoms with Gasteiger partial charge >= 0.3 is 0 Å². The number of fused-ring (bicyclic) bond motifs is 1. The van der Waals surface area contributed by atoms with Crippen LogP contribution < -0.4 is 16.2 Å². The summed E-state index contributed by atoms with van der Waals surface area (Å²) in [5.74, 6) is -3.17. The molecule has 172 valence electrons. The van der Waals surface area contributed by atoms with Gasteiger partial charge in [0.05, 0.1) is 10.7 Å². The average molecular weight is 478 g/mol. The number of hydrogen-bond acceptors (Lipinski definition) is 5. The van der Waals surface area contributed by atoms with E-state index in [0.29, 0.717) is 6.07 Å². The van der Waals surface area contributed by atoms with Gasteiger partial charge in [0.1, 0.15) is 46.5 Å². The van der Waals surface area contributed by atoms with Crippen molar-refractivity contribution in [2.24, 2.45) is 11.5 Å². The normalized spacial score (nSPS) is 19.0. The maximum atomic E-state index is 14.8. The topological polar surface area (TPSA) is 111 Å². The quantitative estimate of drug-likeness (QED) is 0.489. The molecule has 0 bridgehead atoms. The van der Waals surface area contributed by atoms with Crippen molar-refractivity contribution in [3.05, 3.63) is 81.8 Å². The molecular formula is C23H19ClF3N3O3. The summed E-state index contributed by atoms with van der Waals surface area (Å²) in [6.45, 7) is 0.983. The monoisotopic (exact) mass is 477 g/mol. The summed E-state index contributed by atoms with van der Waals surface area (Å²) in [5, 5.41) is 11.1. The van der Waals surface area contributed by atoms with Crippen LogP contribution in [0, 0.1) is 17.5 Å². The Labute approximate surface area is 191 Å². The van der Waals surface area contributed by atoms with Gasteiger partial charge in [-0.05, 0) is 36.8 Å². The second-order valence-corrected chi connectivity index (χ2v) is 8.44. The molecule has 3 aromatic rings. The lowest BCUT2D eigenvalue weighted by Crippen LogP contribution is -2.41. The van der Waals surface area contributed by atoms with E-state index in [1.165, 1.54) is 25.1 Å². The highest BCUT2D eigenvalue weighted by molar-refractivity contribution is 6.31. The van der Waals surface area contributed by atoms with E-state index in [1.807, 2.05) is 0 Å². The zero-order valence-electron chi connectivity index (χ0n) is 17.3. The van der Waals surface area contributed by atoms with E-state index in [-0.39, 0.29) is 52.0 Å². The molecule has 0 spiro atoms. The van der Waals surface area contributed by atoms with E-state index in [2.05, 4.69) is 4.98 Å². The van der Waals surface area contributed by atoms with Gasteiger partial charge < -0.3 is 21.3 Å². The summed E-state index contributed by atoms with van der Waals surface area (Å²) in [5.41, 5.74) is 8.27. The van der Waals surface area contributed by atoms with E-state index in [9.17, 15) is 23.1 Å². The number of nitrogens with two attached hydrogens (primary N) is 2. The molecule has 1 aromatic heterocycles. The SMILES string of the molecule is C[C@]1(C(N)=O)COc2c1cc([C@@](O)(CN)c1ccc(F)cc1)nc2-c1cc(Cl)c(F)cc1F. The van der Waals surface area contributed by atoms with E-state index in [1.54, 1.807) is 0 Å². The Bertz CT molecular complexity index is 1270. The van der Waals surface area contributed by atoms with Crippen molar-refractivity contribution in [1.82, 2.24) is 4.98 Å². The Balaban J connectivity index is 2.04. The van der Waals surface area contributed by atoms with Gasteiger partial charge in [0, 0.05) is 23.7 Å². The summed E-state index contributed by atoms with van der Waals surface area (Å²) in [6.07, 6.45) is 0. The van der Waals surface area contributed by atoms with Crippen molar-refractivity contribution in [1.29, 1.82) is 0 Å². The molecule has 0 saturated carbocycles. The Morgan fingerprint density at radius 1 is 1.21 bits per heavy atom. The number of aromatic nitrogens is 1. The molecule has 1 aliphatic rings. The van der Waals surface area contributed by atoms with Crippen LogP contribution in [-0.4, -0.2) is 29.1 Å². The Morgan fingerprint density at radius 3 is 2.48 bits per heavy atom. The highest BCUT2D eigenvalue weighted by atomic mass is 35.5. The lowest BCUT2D eigenvalue weighted by atomic mass is 9.81. The van der Waals surface area contributed by atoms with Crippen LogP contribution in [0.1, 0.15) is 23.7 Å². The Morgan fingerprint density at radius 2 is 1.88 bits per heavy atom. The number of carbonyl (C=O) groups excluding carboxylic acids is 1. The molecule has 1 amide bonds. The fourth-order valence-corrected chi connectivity index (χ4v) is 3.95. The number of nitrogens with zero attached hydrogens (tertiary/aromatic N) is 1. The Hall–Kier alpha value is -3.14. The van der Waals surface area contributed by atoms with Crippen molar-refractivity contribution in [3.63, 3.8) is 0 Å². The average Bonchev–Trinajstić information content (AvgIpc) is 3.14. The fraction of sp³-hybridized carbons (Fsp3) is 0.217. The standard InChI is InChI=1S/C23H19ClF3N3O3/c1-22(21(29)31)10-33-20-14(22)7-18(23(32,9-28)11-2-4-12(25)5-3-11)30-19(20)13-6-15(24)17(27)8-16(13)26/h2-8,32H,9-10,28H2,1H3,(H2,29,31)/t22-,23+/m0/s1. The molecule has 0 saturated heterocycles. The predicted octanol–water partition coefficient (Wildman–Crippen LogP) is 3.15. The van der Waals surface area contributed by atoms with Crippen molar-refractivity contribution in [2.45, 2.75) is 17.9 Å². The molecule has 2 heterocycles. The van der Waals surface area contributed by atoms with E-state index in [0.717, 1.165) is 18.2 Å². The summed E-state index contributed by atoms with van der Waals surface area (Å²) < 4.78 is 47.7. The molecular weight excluding hydrogens is 459 g/mol. The lowest BCUT2D eigenvalue weighted by molar-refractivity contribution is -0.123. The minimum Gasteiger partial charge on any atom is -0.489 e. The van der Waals surface area contributed by atoms with Crippen LogP contribution in [0.4, 0.5) is 13.2 Å². The van der Waals surface area contributed by atoms with Gasteiger partial charge in [0.15, 0.2) is 0 Å². The number of hydrogen-bond donors (Lipinski definition) is 3. The molecule has 0 fully saturated rings. The van der Waals surface area contributed by atoms with Crippen LogP contribution in [0.2, 0.25) is 5.02 Å². The summed E-state index contributed by atoms with van der Waals surface area (Å²) in [4.78, 5) is 16.7. The number of rotatable bonds is 5. The first kappa shape index (κ1) is 23.0. The largest absolute Gasteiger partial charge is 0.489 e.